The van der Waals surface area contributed by atoms with Gasteiger partial charge in [-0.3, -0.25) is 19.7 Å². The lowest BCUT2D eigenvalue weighted by atomic mass is 10.2. The van der Waals surface area contributed by atoms with E-state index in [1.54, 1.807) is 12.1 Å². The van der Waals surface area contributed by atoms with Crippen LogP contribution >= 0.6 is 0 Å². The van der Waals surface area contributed by atoms with E-state index >= 15 is 0 Å². The Morgan fingerprint density at radius 1 is 1.00 bits per heavy atom. The third-order valence-corrected chi connectivity index (χ3v) is 2.95. The van der Waals surface area contributed by atoms with Crippen molar-refractivity contribution in [3.63, 3.8) is 0 Å². The van der Waals surface area contributed by atoms with E-state index in [2.05, 4.69) is 4.98 Å². The van der Waals surface area contributed by atoms with E-state index in [0.29, 0.717) is 14.7 Å². The van der Waals surface area contributed by atoms with Crippen molar-refractivity contribution in [2.45, 2.75) is 6.17 Å². The third-order valence-electron chi connectivity index (χ3n) is 2.95. The van der Waals surface area contributed by atoms with Crippen LogP contribution in [0.5, 0.6) is 0 Å². The van der Waals surface area contributed by atoms with Gasteiger partial charge in [-0.2, -0.15) is 0 Å². The van der Waals surface area contributed by atoms with E-state index in [1.807, 2.05) is 0 Å². The lowest BCUT2D eigenvalue weighted by Gasteiger charge is -2.44. The quantitative estimate of drug-likeness (QED) is 0.702. The summed E-state index contributed by atoms with van der Waals surface area (Å²) in [5, 5.41) is 27.4. The van der Waals surface area contributed by atoms with Gasteiger partial charge in [-0.25, -0.2) is 14.4 Å². The van der Waals surface area contributed by atoms with Crippen molar-refractivity contribution >= 4 is 18.3 Å². The molecule has 0 radical (unpaired) electrons. The highest BCUT2D eigenvalue weighted by molar-refractivity contribution is 5.72. The number of carboxylic acid groups (broad SMARTS) is 3. The topological polar surface area (TPSA) is 135 Å². The molecule has 0 aromatic carbocycles. The van der Waals surface area contributed by atoms with Gasteiger partial charge in [0.05, 0.1) is 5.69 Å². The van der Waals surface area contributed by atoms with Gasteiger partial charge in [0.2, 0.25) is 0 Å². The molecule has 0 saturated carbocycles. The van der Waals surface area contributed by atoms with Gasteiger partial charge in [-0.1, -0.05) is 6.07 Å². The van der Waals surface area contributed by atoms with Gasteiger partial charge >= 0.3 is 18.3 Å². The highest BCUT2D eigenvalue weighted by atomic mass is 16.4. The summed E-state index contributed by atoms with van der Waals surface area (Å²) in [7, 11) is 0. The number of hydrogen-bond donors (Lipinski definition) is 3. The Hall–Kier alpha value is -3.04. The molecule has 1 fully saturated rings. The zero-order valence-corrected chi connectivity index (χ0v) is 10.7. The number of rotatable bonds is 1. The van der Waals surface area contributed by atoms with Crippen LogP contribution in [-0.4, -0.2) is 66.6 Å². The van der Waals surface area contributed by atoms with Crippen LogP contribution in [-0.2, 0) is 0 Å². The SMILES string of the molecule is O=C(O)N1CN(C(=O)O)C(c2ccccn2)N(C(=O)O)C1. The van der Waals surface area contributed by atoms with Crippen molar-refractivity contribution in [1.82, 2.24) is 19.7 Å². The second-order valence-corrected chi connectivity index (χ2v) is 4.24. The Morgan fingerprint density at radius 3 is 1.95 bits per heavy atom. The predicted octanol–water partition coefficient (Wildman–Crippen LogP) is 0.949. The summed E-state index contributed by atoms with van der Waals surface area (Å²) in [6, 6.07) is 4.67. The molecule has 2 heterocycles. The standard InChI is InChI=1S/C11H12N4O6/c16-9(17)13-5-14(10(18)19)8(15(6-13)11(20)21)7-3-1-2-4-12-7/h1-4,8H,5-6H2,(H,16,17)(H,18,19)(H,20,21). The minimum atomic E-state index is -1.44. The number of carbonyl (C=O) groups is 3. The zero-order chi connectivity index (χ0) is 15.6. The Balaban J connectivity index is 2.44. The first-order chi connectivity index (χ1) is 9.91. The molecule has 0 bridgehead atoms. The van der Waals surface area contributed by atoms with Gasteiger partial charge in [0.15, 0.2) is 6.17 Å². The maximum atomic E-state index is 11.3. The zero-order valence-electron chi connectivity index (χ0n) is 10.7. The van der Waals surface area contributed by atoms with Crippen LogP contribution in [0.3, 0.4) is 0 Å². The predicted molar refractivity (Wildman–Crippen MR) is 66.3 cm³/mol. The van der Waals surface area contributed by atoms with Crippen molar-refractivity contribution < 1.29 is 29.7 Å². The molecule has 0 unspecified atom stereocenters. The first-order valence-electron chi connectivity index (χ1n) is 5.79. The van der Waals surface area contributed by atoms with Crippen molar-refractivity contribution in [2.24, 2.45) is 0 Å². The molecular weight excluding hydrogens is 284 g/mol. The molecule has 112 valence electrons. The summed E-state index contributed by atoms with van der Waals surface area (Å²) in [4.78, 5) is 39.7. The highest BCUT2D eigenvalue weighted by Crippen LogP contribution is 2.28. The number of hydrogen-bond acceptors (Lipinski definition) is 4. The first-order valence-corrected chi connectivity index (χ1v) is 5.79. The molecule has 0 aliphatic carbocycles. The van der Waals surface area contributed by atoms with E-state index in [9.17, 15) is 24.6 Å². The van der Waals surface area contributed by atoms with Gasteiger partial charge in [-0.15, -0.1) is 0 Å². The Morgan fingerprint density at radius 2 is 1.57 bits per heavy atom. The molecule has 1 aromatic heterocycles. The Kier molecular flexibility index (Phi) is 3.78. The molecule has 3 amide bonds. The lowest BCUT2D eigenvalue weighted by molar-refractivity contribution is -0.0510. The van der Waals surface area contributed by atoms with E-state index in [0.717, 1.165) is 0 Å². The summed E-state index contributed by atoms with van der Waals surface area (Å²) >= 11 is 0. The van der Waals surface area contributed by atoms with Gasteiger partial charge < -0.3 is 15.3 Å². The van der Waals surface area contributed by atoms with Crippen LogP contribution in [0.15, 0.2) is 24.4 Å². The smallest absolute Gasteiger partial charge is 0.410 e. The maximum absolute atomic E-state index is 11.3. The molecule has 21 heavy (non-hydrogen) atoms. The fourth-order valence-corrected chi connectivity index (χ4v) is 2.03. The summed E-state index contributed by atoms with van der Waals surface area (Å²) in [6.07, 6.45) is -4.09. The minimum absolute atomic E-state index is 0.201. The van der Waals surface area contributed by atoms with E-state index < -0.39 is 37.8 Å². The molecule has 2 rings (SSSR count). The van der Waals surface area contributed by atoms with E-state index in [-0.39, 0.29) is 5.69 Å². The van der Waals surface area contributed by atoms with Crippen LogP contribution in [0, 0.1) is 0 Å². The minimum Gasteiger partial charge on any atom is -0.465 e. The summed E-state index contributed by atoms with van der Waals surface area (Å²) in [6.45, 7) is -0.925. The molecule has 10 nitrogen and oxygen atoms in total. The first kappa shape index (κ1) is 14.4. The van der Waals surface area contributed by atoms with Crippen LogP contribution in [0.4, 0.5) is 14.4 Å². The Labute approximate surface area is 118 Å². The molecule has 1 aromatic rings. The summed E-state index contributed by atoms with van der Waals surface area (Å²) < 4.78 is 0. The van der Waals surface area contributed by atoms with Gasteiger partial charge in [-0.05, 0) is 12.1 Å². The van der Waals surface area contributed by atoms with Crippen LogP contribution in [0.2, 0.25) is 0 Å². The lowest BCUT2D eigenvalue weighted by Crippen LogP contribution is -2.60. The molecule has 3 N–H and O–H groups in total. The average Bonchev–Trinajstić information content (AvgIpc) is 2.46. The molecule has 1 saturated heterocycles. The summed E-state index contributed by atoms with van der Waals surface area (Å²) in [5.74, 6) is 0. The molecular formula is C11H12N4O6. The van der Waals surface area contributed by atoms with Gasteiger partial charge in [0, 0.05) is 6.20 Å². The largest absolute Gasteiger partial charge is 0.465 e. The monoisotopic (exact) mass is 296 g/mol. The van der Waals surface area contributed by atoms with Gasteiger partial charge in [0.25, 0.3) is 0 Å². The second-order valence-electron chi connectivity index (χ2n) is 4.24. The van der Waals surface area contributed by atoms with E-state index in [1.165, 1.54) is 12.3 Å². The Bertz CT molecular complexity index is 541. The van der Waals surface area contributed by atoms with Crippen molar-refractivity contribution in [3.8, 4) is 0 Å². The van der Waals surface area contributed by atoms with Crippen molar-refractivity contribution in [1.29, 1.82) is 0 Å². The van der Waals surface area contributed by atoms with Crippen LogP contribution < -0.4 is 0 Å². The molecule has 1 aliphatic rings. The molecule has 0 spiro atoms. The number of amides is 3. The van der Waals surface area contributed by atoms with Crippen LogP contribution in [0.1, 0.15) is 11.9 Å². The van der Waals surface area contributed by atoms with Crippen LogP contribution in [0.25, 0.3) is 0 Å². The fourth-order valence-electron chi connectivity index (χ4n) is 2.03. The van der Waals surface area contributed by atoms with Gasteiger partial charge in [0.1, 0.15) is 13.3 Å². The average molecular weight is 296 g/mol. The number of aromatic nitrogens is 1. The normalized spacial score (nSPS) is 15.9. The maximum Gasteiger partial charge on any atom is 0.410 e. The molecule has 0 atom stereocenters. The van der Waals surface area contributed by atoms with Crippen molar-refractivity contribution in [2.75, 3.05) is 13.3 Å². The second kappa shape index (κ2) is 5.53. The third kappa shape index (κ3) is 2.78. The number of pyridine rings is 1. The number of nitrogens with zero attached hydrogens (tertiary/aromatic N) is 4. The fraction of sp³-hybridized carbons (Fsp3) is 0.273. The van der Waals surface area contributed by atoms with E-state index in [4.69, 9.17) is 5.11 Å². The summed E-state index contributed by atoms with van der Waals surface area (Å²) in [5.41, 5.74) is 0.201. The molecule has 1 aliphatic heterocycles. The highest BCUT2D eigenvalue weighted by Gasteiger charge is 2.41. The molecule has 10 heteroatoms. The van der Waals surface area contributed by atoms with Crippen molar-refractivity contribution in [3.05, 3.63) is 30.1 Å².